The number of hydrogen-bond acceptors (Lipinski definition) is 3. The van der Waals surface area contributed by atoms with Crippen LogP contribution in [0.1, 0.15) is 40.0 Å². The summed E-state index contributed by atoms with van der Waals surface area (Å²) in [4.78, 5) is 14.6. The molecule has 2 heterocycles. The van der Waals surface area contributed by atoms with Gasteiger partial charge in [-0.3, -0.25) is 4.79 Å². The maximum absolute atomic E-state index is 12.5. The first kappa shape index (κ1) is 23.3. The smallest absolute Gasteiger partial charge is 0.179 e. The molecule has 2 aromatic heterocycles. The van der Waals surface area contributed by atoms with Gasteiger partial charge in [-0.15, -0.1) is 24.8 Å². The number of rotatable bonds is 6. The molecule has 1 aliphatic carbocycles. The van der Waals surface area contributed by atoms with Gasteiger partial charge in [0, 0.05) is 44.5 Å². The first-order chi connectivity index (χ1) is 13.1. The van der Waals surface area contributed by atoms with Gasteiger partial charge in [0.05, 0.1) is 5.69 Å². The summed E-state index contributed by atoms with van der Waals surface area (Å²) in [6, 6.07) is 14.9. The number of Topliss-reactive ketones (excluding diaryl/α,β-unsaturated/α-hetero) is 1. The second-order valence-electron chi connectivity index (χ2n) is 7.53. The SMILES string of the molecule is CN(C)c1ccc(CNCCc2c3c(n4ccccc24)C(=O)CCC3)cc1.Cl.Cl. The van der Waals surface area contributed by atoms with Crippen molar-refractivity contribution in [2.24, 2.45) is 0 Å². The first-order valence-electron chi connectivity index (χ1n) is 9.76. The Bertz CT molecular complexity index is 964. The highest BCUT2D eigenvalue weighted by molar-refractivity contribution is 5.99. The van der Waals surface area contributed by atoms with Crippen LogP contribution in [0.4, 0.5) is 5.69 Å². The normalized spacial score (nSPS) is 12.8. The minimum absolute atomic E-state index is 0. The molecule has 1 aliphatic rings. The molecule has 1 aromatic carbocycles. The lowest BCUT2D eigenvalue weighted by molar-refractivity contribution is 0.0966. The van der Waals surface area contributed by atoms with E-state index in [-0.39, 0.29) is 30.6 Å². The Morgan fingerprint density at radius 1 is 1.03 bits per heavy atom. The van der Waals surface area contributed by atoms with E-state index < -0.39 is 0 Å². The quantitative estimate of drug-likeness (QED) is 0.572. The monoisotopic (exact) mass is 433 g/mol. The Morgan fingerprint density at radius 2 is 1.79 bits per heavy atom. The molecule has 0 atom stereocenters. The van der Waals surface area contributed by atoms with Crippen LogP contribution in [0.5, 0.6) is 0 Å². The summed E-state index contributed by atoms with van der Waals surface area (Å²) in [5.41, 5.74) is 7.24. The number of halogens is 2. The number of hydrogen-bond donors (Lipinski definition) is 1. The van der Waals surface area contributed by atoms with E-state index in [0.29, 0.717) is 6.42 Å². The molecule has 0 bridgehead atoms. The number of ketones is 1. The van der Waals surface area contributed by atoms with Gasteiger partial charge in [-0.05, 0) is 66.8 Å². The van der Waals surface area contributed by atoms with Crippen LogP contribution in [0.25, 0.3) is 5.52 Å². The summed E-state index contributed by atoms with van der Waals surface area (Å²) in [5.74, 6) is 0.289. The van der Waals surface area contributed by atoms with Gasteiger partial charge >= 0.3 is 0 Å². The van der Waals surface area contributed by atoms with E-state index in [2.05, 4.69) is 65.1 Å². The highest BCUT2D eigenvalue weighted by Gasteiger charge is 2.25. The minimum Gasteiger partial charge on any atom is -0.378 e. The third-order valence-corrected chi connectivity index (χ3v) is 5.49. The largest absolute Gasteiger partial charge is 0.378 e. The molecule has 0 saturated heterocycles. The third kappa shape index (κ3) is 4.77. The fraction of sp³-hybridized carbons (Fsp3) is 0.348. The minimum atomic E-state index is 0. The number of nitrogens with one attached hydrogen (secondary N) is 1. The number of aromatic nitrogens is 1. The van der Waals surface area contributed by atoms with E-state index in [1.165, 1.54) is 27.9 Å². The number of benzene rings is 1. The second-order valence-corrected chi connectivity index (χ2v) is 7.53. The van der Waals surface area contributed by atoms with Crippen molar-refractivity contribution in [1.29, 1.82) is 0 Å². The van der Waals surface area contributed by atoms with Gasteiger partial charge < -0.3 is 14.6 Å². The molecular weight excluding hydrogens is 405 g/mol. The van der Waals surface area contributed by atoms with Crippen LogP contribution in [0.3, 0.4) is 0 Å². The predicted molar refractivity (Wildman–Crippen MR) is 125 cm³/mol. The molecule has 29 heavy (non-hydrogen) atoms. The molecule has 0 aliphatic heterocycles. The topological polar surface area (TPSA) is 36.8 Å². The van der Waals surface area contributed by atoms with E-state index >= 15 is 0 Å². The zero-order valence-corrected chi connectivity index (χ0v) is 18.6. The Morgan fingerprint density at radius 3 is 2.52 bits per heavy atom. The zero-order chi connectivity index (χ0) is 18.8. The summed E-state index contributed by atoms with van der Waals surface area (Å²) in [7, 11) is 4.11. The van der Waals surface area contributed by atoms with Gasteiger partial charge in [-0.2, -0.15) is 0 Å². The van der Waals surface area contributed by atoms with Gasteiger partial charge in [0.25, 0.3) is 0 Å². The maximum Gasteiger partial charge on any atom is 0.179 e. The number of fused-ring (bicyclic) bond motifs is 3. The Labute approximate surface area is 185 Å². The highest BCUT2D eigenvalue weighted by Crippen LogP contribution is 2.30. The van der Waals surface area contributed by atoms with E-state index in [1.54, 1.807) is 0 Å². The molecular formula is C23H29Cl2N3O. The molecule has 4 nitrogen and oxygen atoms in total. The lowest BCUT2D eigenvalue weighted by Crippen LogP contribution is -2.18. The highest BCUT2D eigenvalue weighted by atomic mass is 35.5. The van der Waals surface area contributed by atoms with Gasteiger partial charge in [0.2, 0.25) is 0 Å². The van der Waals surface area contributed by atoms with Crippen molar-refractivity contribution in [2.75, 3.05) is 25.5 Å². The van der Waals surface area contributed by atoms with Gasteiger partial charge in [0.15, 0.2) is 5.78 Å². The lowest BCUT2D eigenvalue weighted by atomic mass is 9.92. The molecule has 3 aromatic rings. The average molecular weight is 434 g/mol. The number of pyridine rings is 1. The lowest BCUT2D eigenvalue weighted by Gasteiger charge is -2.13. The van der Waals surface area contributed by atoms with Crippen LogP contribution >= 0.6 is 24.8 Å². The van der Waals surface area contributed by atoms with E-state index in [9.17, 15) is 4.79 Å². The van der Waals surface area contributed by atoms with Crippen molar-refractivity contribution in [1.82, 2.24) is 9.72 Å². The molecule has 6 heteroatoms. The third-order valence-electron chi connectivity index (χ3n) is 5.49. The zero-order valence-electron chi connectivity index (χ0n) is 17.0. The Kier molecular flexibility index (Phi) is 8.14. The van der Waals surface area contributed by atoms with Crippen molar-refractivity contribution in [3.63, 3.8) is 0 Å². The Hall–Kier alpha value is -2.01. The molecule has 0 saturated carbocycles. The summed E-state index contributed by atoms with van der Waals surface area (Å²) in [6.07, 6.45) is 5.65. The van der Waals surface area contributed by atoms with E-state index in [0.717, 1.165) is 38.0 Å². The van der Waals surface area contributed by atoms with Crippen molar-refractivity contribution in [2.45, 2.75) is 32.2 Å². The van der Waals surface area contributed by atoms with Crippen LogP contribution in [-0.4, -0.2) is 30.8 Å². The molecule has 0 spiro atoms. The summed E-state index contributed by atoms with van der Waals surface area (Å²) in [6.45, 7) is 1.77. The number of carbonyl (C=O) groups excluding carboxylic acids is 1. The van der Waals surface area contributed by atoms with Crippen molar-refractivity contribution < 1.29 is 4.79 Å². The fourth-order valence-corrected chi connectivity index (χ4v) is 4.08. The number of carbonyl (C=O) groups is 1. The molecule has 0 amide bonds. The fourth-order valence-electron chi connectivity index (χ4n) is 4.08. The predicted octanol–water partition coefficient (Wildman–Crippen LogP) is 4.70. The molecule has 0 fully saturated rings. The van der Waals surface area contributed by atoms with Gasteiger partial charge in [-0.25, -0.2) is 0 Å². The summed E-state index contributed by atoms with van der Waals surface area (Å²) < 4.78 is 2.10. The molecule has 156 valence electrons. The van der Waals surface area contributed by atoms with Gasteiger partial charge in [0.1, 0.15) is 0 Å². The molecule has 0 radical (unpaired) electrons. The van der Waals surface area contributed by atoms with Crippen LogP contribution in [0.15, 0.2) is 48.7 Å². The van der Waals surface area contributed by atoms with Crippen LogP contribution in [0.2, 0.25) is 0 Å². The van der Waals surface area contributed by atoms with Gasteiger partial charge in [-0.1, -0.05) is 18.2 Å². The first-order valence-corrected chi connectivity index (χ1v) is 9.76. The van der Waals surface area contributed by atoms with Crippen molar-refractivity contribution >= 4 is 41.8 Å². The standard InChI is InChI=1S/C23H27N3O.2ClH/c1-25(2)18-11-9-17(10-12-18)16-24-14-13-19-20-6-5-8-22(27)23(20)26-15-4-3-7-21(19)26;;/h3-4,7,9-12,15,24H,5-6,8,13-14,16H2,1-2H3;2*1H. The summed E-state index contributed by atoms with van der Waals surface area (Å²) >= 11 is 0. The van der Waals surface area contributed by atoms with E-state index in [4.69, 9.17) is 0 Å². The molecule has 1 N–H and O–H groups in total. The van der Waals surface area contributed by atoms with Crippen molar-refractivity contribution in [3.05, 3.63) is 71.0 Å². The molecule has 0 unspecified atom stereocenters. The van der Waals surface area contributed by atoms with Crippen molar-refractivity contribution in [3.8, 4) is 0 Å². The maximum atomic E-state index is 12.5. The second kappa shape index (κ2) is 10.1. The molecule has 4 rings (SSSR count). The number of nitrogens with zero attached hydrogens (tertiary/aromatic N) is 2. The van der Waals surface area contributed by atoms with Crippen LogP contribution in [-0.2, 0) is 19.4 Å². The Balaban J connectivity index is 0.00000150. The number of anilines is 1. The van der Waals surface area contributed by atoms with Crippen LogP contribution in [0, 0.1) is 0 Å². The summed E-state index contributed by atoms with van der Waals surface area (Å²) in [5, 5.41) is 3.56. The van der Waals surface area contributed by atoms with E-state index in [1.807, 2.05) is 12.3 Å². The van der Waals surface area contributed by atoms with Crippen LogP contribution < -0.4 is 10.2 Å². The average Bonchev–Trinajstić information content (AvgIpc) is 3.01.